The lowest BCUT2D eigenvalue weighted by Crippen LogP contribution is -2.13. The maximum absolute atomic E-state index is 5.18. The van der Waals surface area contributed by atoms with Crippen molar-refractivity contribution in [2.45, 2.75) is 38.4 Å². The summed E-state index contributed by atoms with van der Waals surface area (Å²) in [6.45, 7) is 5.86. The lowest BCUT2D eigenvalue weighted by atomic mass is 10.1. The van der Waals surface area contributed by atoms with E-state index in [-0.39, 0.29) is 0 Å². The van der Waals surface area contributed by atoms with Gasteiger partial charge in [-0.1, -0.05) is 6.92 Å². The Hall–Kier alpha value is -0.0800. The topological polar surface area (TPSA) is 18.5 Å². The number of hydrogen-bond acceptors (Lipinski definition) is 2. The number of methoxy groups -OCH3 is 2. The van der Waals surface area contributed by atoms with Crippen LogP contribution in [0.4, 0.5) is 0 Å². The highest BCUT2D eigenvalue weighted by Crippen LogP contribution is 2.08. The molecule has 0 aliphatic carbocycles. The number of ether oxygens (including phenoxy) is 2. The van der Waals surface area contributed by atoms with Crippen molar-refractivity contribution < 1.29 is 9.47 Å². The first-order valence-electron chi connectivity index (χ1n) is 4.09. The summed E-state index contributed by atoms with van der Waals surface area (Å²) in [7, 11) is 3.46. The zero-order valence-corrected chi connectivity index (χ0v) is 7.80. The molecule has 1 radical (unpaired) electrons. The summed E-state index contributed by atoms with van der Waals surface area (Å²) in [5, 5.41) is 0. The summed E-state index contributed by atoms with van der Waals surface area (Å²) in [6.07, 6.45) is 3.55. The Balaban J connectivity index is 3.34. The van der Waals surface area contributed by atoms with Gasteiger partial charge in [0.1, 0.15) is 0 Å². The van der Waals surface area contributed by atoms with Gasteiger partial charge >= 0.3 is 0 Å². The van der Waals surface area contributed by atoms with Crippen LogP contribution in [0, 0.1) is 6.92 Å². The molecule has 2 unspecified atom stereocenters. The van der Waals surface area contributed by atoms with Gasteiger partial charge in [0, 0.05) is 14.2 Å². The van der Waals surface area contributed by atoms with Crippen LogP contribution < -0.4 is 0 Å². The van der Waals surface area contributed by atoms with E-state index < -0.39 is 0 Å². The molecule has 2 heteroatoms. The molecule has 0 spiro atoms. The Labute approximate surface area is 69.9 Å². The van der Waals surface area contributed by atoms with Crippen LogP contribution >= 0.6 is 0 Å². The normalized spacial score (nSPS) is 16.4. The van der Waals surface area contributed by atoms with Gasteiger partial charge in [-0.25, -0.2) is 0 Å². The summed E-state index contributed by atoms with van der Waals surface area (Å²) < 4.78 is 10.3. The smallest absolute Gasteiger partial charge is 0.0572 e. The van der Waals surface area contributed by atoms with E-state index in [1.54, 1.807) is 14.2 Å². The van der Waals surface area contributed by atoms with Crippen LogP contribution in [0.3, 0.4) is 0 Å². The molecule has 0 aromatic carbocycles. The first-order valence-corrected chi connectivity index (χ1v) is 4.09. The molecule has 0 aromatic heterocycles. The Morgan fingerprint density at radius 3 is 2.18 bits per heavy atom. The zero-order chi connectivity index (χ0) is 8.69. The minimum atomic E-state index is 0.299. The molecule has 0 aliphatic rings. The maximum atomic E-state index is 5.18. The summed E-state index contributed by atoms with van der Waals surface area (Å²) in [4.78, 5) is 0. The van der Waals surface area contributed by atoms with Crippen LogP contribution in [0.2, 0.25) is 0 Å². The first-order chi connectivity index (χ1) is 5.24. The van der Waals surface area contributed by atoms with Gasteiger partial charge in [-0.2, -0.15) is 0 Å². The van der Waals surface area contributed by atoms with Crippen molar-refractivity contribution in [1.82, 2.24) is 0 Å². The van der Waals surface area contributed by atoms with E-state index in [4.69, 9.17) is 9.47 Å². The Bertz CT molecular complexity index is 79.6. The summed E-state index contributed by atoms with van der Waals surface area (Å²) in [6, 6.07) is 0. The summed E-state index contributed by atoms with van der Waals surface area (Å²) in [5.74, 6) is 0. The molecule has 2 atom stereocenters. The lowest BCUT2D eigenvalue weighted by molar-refractivity contribution is 0.0622. The largest absolute Gasteiger partial charge is 0.382 e. The van der Waals surface area contributed by atoms with Gasteiger partial charge in [-0.3, -0.25) is 0 Å². The lowest BCUT2D eigenvalue weighted by Gasteiger charge is -2.15. The average molecular weight is 159 g/mol. The van der Waals surface area contributed by atoms with Crippen molar-refractivity contribution in [2.75, 3.05) is 14.2 Å². The molecule has 11 heavy (non-hydrogen) atoms. The number of hydrogen-bond donors (Lipinski definition) is 0. The molecule has 0 heterocycles. The second kappa shape index (κ2) is 6.62. The van der Waals surface area contributed by atoms with Crippen LogP contribution in [0.1, 0.15) is 26.2 Å². The highest BCUT2D eigenvalue weighted by atomic mass is 16.5. The third-order valence-electron chi connectivity index (χ3n) is 1.95. The van der Waals surface area contributed by atoms with Gasteiger partial charge in [0.25, 0.3) is 0 Å². The van der Waals surface area contributed by atoms with Crippen LogP contribution in [-0.4, -0.2) is 26.4 Å². The molecule has 0 saturated heterocycles. The van der Waals surface area contributed by atoms with Crippen LogP contribution in [0.25, 0.3) is 0 Å². The van der Waals surface area contributed by atoms with Crippen molar-refractivity contribution in [1.29, 1.82) is 0 Å². The molecular formula is C9H19O2. The SMILES string of the molecule is [CH2]CC(CCC(C)OC)OC. The van der Waals surface area contributed by atoms with Gasteiger partial charge in [-0.15, -0.1) is 0 Å². The quantitative estimate of drug-likeness (QED) is 0.590. The minimum Gasteiger partial charge on any atom is -0.382 e. The second-order valence-corrected chi connectivity index (χ2v) is 2.77. The number of rotatable bonds is 6. The third-order valence-corrected chi connectivity index (χ3v) is 1.95. The molecule has 0 N–H and O–H groups in total. The standard InChI is InChI=1S/C9H19O2/c1-5-9(11-4)7-6-8(2)10-3/h8-9H,1,5-7H2,2-4H3. The van der Waals surface area contributed by atoms with Crippen molar-refractivity contribution in [3.63, 3.8) is 0 Å². The van der Waals surface area contributed by atoms with E-state index >= 15 is 0 Å². The van der Waals surface area contributed by atoms with E-state index in [2.05, 4.69) is 13.8 Å². The van der Waals surface area contributed by atoms with Crippen molar-refractivity contribution >= 4 is 0 Å². The van der Waals surface area contributed by atoms with E-state index in [9.17, 15) is 0 Å². The van der Waals surface area contributed by atoms with Gasteiger partial charge in [0.15, 0.2) is 0 Å². The van der Waals surface area contributed by atoms with Crippen LogP contribution in [0.15, 0.2) is 0 Å². The fraction of sp³-hybridized carbons (Fsp3) is 0.889. The molecule has 0 rings (SSSR count). The third kappa shape index (κ3) is 5.22. The van der Waals surface area contributed by atoms with E-state index in [0.717, 1.165) is 19.3 Å². The summed E-state index contributed by atoms with van der Waals surface area (Å²) in [5.41, 5.74) is 0. The highest BCUT2D eigenvalue weighted by molar-refractivity contribution is 4.61. The van der Waals surface area contributed by atoms with Crippen molar-refractivity contribution in [3.8, 4) is 0 Å². The molecule has 0 saturated carbocycles. The molecule has 0 aliphatic heterocycles. The molecule has 67 valence electrons. The highest BCUT2D eigenvalue weighted by Gasteiger charge is 2.06. The van der Waals surface area contributed by atoms with Gasteiger partial charge in [0.05, 0.1) is 12.2 Å². The fourth-order valence-corrected chi connectivity index (χ4v) is 0.918. The van der Waals surface area contributed by atoms with Crippen molar-refractivity contribution in [3.05, 3.63) is 6.92 Å². The molecule has 0 aromatic rings. The molecular weight excluding hydrogens is 140 g/mol. The Morgan fingerprint density at radius 2 is 1.82 bits per heavy atom. The summed E-state index contributed by atoms with van der Waals surface area (Å²) >= 11 is 0. The second-order valence-electron chi connectivity index (χ2n) is 2.77. The van der Waals surface area contributed by atoms with Gasteiger partial charge < -0.3 is 9.47 Å². The van der Waals surface area contributed by atoms with Gasteiger partial charge in [0.2, 0.25) is 0 Å². The van der Waals surface area contributed by atoms with E-state index in [1.165, 1.54) is 0 Å². The Kier molecular flexibility index (Phi) is 6.57. The van der Waals surface area contributed by atoms with E-state index in [0.29, 0.717) is 12.2 Å². The predicted molar refractivity (Wildman–Crippen MR) is 46.5 cm³/mol. The Morgan fingerprint density at radius 1 is 1.18 bits per heavy atom. The minimum absolute atomic E-state index is 0.299. The molecule has 2 nitrogen and oxygen atoms in total. The van der Waals surface area contributed by atoms with Gasteiger partial charge in [-0.05, 0) is 26.2 Å². The predicted octanol–water partition coefficient (Wildman–Crippen LogP) is 2.04. The molecule has 0 fully saturated rings. The first kappa shape index (κ1) is 10.9. The van der Waals surface area contributed by atoms with Crippen LogP contribution in [-0.2, 0) is 9.47 Å². The fourth-order valence-electron chi connectivity index (χ4n) is 0.918. The van der Waals surface area contributed by atoms with E-state index in [1.807, 2.05) is 0 Å². The van der Waals surface area contributed by atoms with Crippen LogP contribution in [0.5, 0.6) is 0 Å². The maximum Gasteiger partial charge on any atom is 0.0572 e. The van der Waals surface area contributed by atoms with Crippen molar-refractivity contribution in [2.24, 2.45) is 0 Å². The zero-order valence-electron chi connectivity index (χ0n) is 7.80. The molecule has 0 bridgehead atoms. The average Bonchev–Trinajstić information content (AvgIpc) is 2.06. The molecule has 0 amide bonds. The monoisotopic (exact) mass is 159 g/mol.